The predicted molar refractivity (Wildman–Crippen MR) is 103 cm³/mol. The van der Waals surface area contributed by atoms with Gasteiger partial charge in [-0.25, -0.2) is 4.98 Å². The van der Waals surface area contributed by atoms with E-state index in [-0.39, 0.29) is 12.5 Å². The molecule has 0 aliphatic rings. The molecule has 0 bridgehead atoms. The lowest BCUT2D eigenvalue weighted by Crippen LogP contribution is -2.24. The highest BCUT2D eigenvalue weighted by Gasteiger charge is 2.11. The Morgan fingerprint density at radius 3 is 2.81 bits per heavy atom. The first-order valence-electron chi connectivity index (χ1n) is 8.47. The monoisotopic (exact) mass is 407 g/mol. The van der Waals surface area contributed by atoms with Crippen LogP contribution in [0.25, 0.3) is 5.78 Å². The molecule has 3 aromatic rings. The second-order valence-electron chi connectivity index (χ2n) is 6.09. The van der Waals surface area contributed by atoms with E-state index in [1.165, 1.54) is 0 Å². The van der Waals surface area contributed by atoms with Crippen LogP contribution in [0, 0.1) is 13.8 Å². The van der Waals surface area contributed by atoms with Gasteiger partial charge >= 0.3 is 0 Å². The van der Waals surface area contributed by atoms with Gasteiger partial charge < -0.3 is 10.1 Å². The summed E-state index contributed by atoms with van der Waals surface area (Å²) in [5.41, 5.74) is 1.85. The number of nitrogens with one attached hydrogen (secondary N) is 1. The quantitative estimate of drug-likeness (QED) is 0.605. The Kier molecular flexibility index (Phi) is 6.13. The zero-order valence-corrected chi connectivity index (χ0v) is 16.5. The van der Waals surface area contributed by atoms with Crippen LogP contribution in [-0.2, 0) is 11.3 Å². The highest BCUT2D eigenvalue weighted by molar-refractivity contribution is 6.35. The van der Waals surface area contributed by atoms with Crippen molar-refractivity contribution in [1.29, 1.82) is 0 Å². The average Bonchev–Trinajstić information content (AvgIpc) is 3.01. The summed E-state index contributed by atoms with van der Waals surface area (Å²) in [7, 11) is 0. The molecule has 0 aliphatic carbocycles. The van der Waals surface area contributed by atoms with Crippen molar-refractivity contribution in [2.24, 2.45) is 0 Å². The normalized spacial score (nSPS) is 11.0. The van der Waals surface area contributed by atoms with E-state index in [2.05, 4.69) is 20.5 Å². The molecule has 0 unspecified atom stereocenters. The van der Waals surface area contributed by atoms with E-state index >= 15 is 0 Å². The van der Waals surface area contributed by atoms with Crippen molar-refractivity contribution >= 4 is 34.9 Å². The first-order chi connectivity index (χ1) is 12.9. The van der Waals surface area contributed by atoms with Crippen LogP contribution < -0.4 is 10.1 Å². The molecule has 0 fully saturated rings. The van der Waals surface area contributed by atoms with Crippen molar-refractivity contribution in [1.82, 2.24) is 24.9 Å². The molecule has 0 saturated heterocycles. The maximum absolute atomic E-state index is 12.1. The Balaban J connectivity index is 1.46. The van der Waals surface area contributed by atoms with Crippen LogP contribution in [0.1, 0.15) is 30.1 Å². The van der Waals surface area contributed by atoms with Crippen LogP contribution in [0.2, 0.25) is 10.0 Å². The summed E-state index contributed by atoms with van der Waals surface area (Å²) in [5.74, 6) is 1.64. The van der Waals surface area contributed by atoms with Crippen LogP contribution in [0.3, 0.4) is 0 Å². The van der Waals surface area contributed by atoms with Crippen LogP contribution in [0.4, 0.5) is 0 Å². The summed E-state index contributed by atoms with van der Waals surface area (Å²) in [4.78, 5) is 16.4. The van der Waals surface area contributed by atoms with Gasteiger partial charge in [-0.15, -0.1) is 10.2 Å². The number of benzene rings is 1. The Bertz CT molecular complexity index is 974. The second-order valence-corrected chi connectivity index (χ2v) is 6.94. The zero-order chi connectivity index (χ0) is 19.4. The van der Waals surface area contributed by atoms with E-state index in [1.54, 1.807) is 18.2 Å². The number of aromatic nitrogens is 4. The Morgan fingerprint density at radius 2 is 2.04 bits per heavy atom. The fraction of sp³-hybridized carbons (Fsp3) is 0.333. The van der Waals surface area contributed by atoms with Gasteiger partial charge in [0, 0.05) is 22.8 Å². The average molecular weight is 408 g/mol. The number of ether oxygens (including phenoxy) is 1. The minimum Gasteiger partial charge on any atom is -0.492 e. The fourth-order valence-corrected chi connectivity index (χ4v) is 3.15. The summed E-state index contributed by atoms with van der Waals surface area (Å²) >= 11 is 11.9. The SMILES string of the molecule is Cc1cc(C)n2c(CNC(=O)CCCOc3ccc(Cl)cc3Cl)nnc2n1. The van der Waals surface area contributed by atoms with Crippen molar-refractivity contribution in [3.8, 4) is 5.75 Å². The van der Waals surface area contributed by atoms with Gasteiger partial charge in [-0.05, 0) is 44.5 Å². The molecular formula is C18H19Cl2N5O2. The molecule has 0 spiro atoms. The molecule has 9 heteroatoms. The molecule has 0 aliphatic heterocycles. The lowest BCUT2D eigenvalue weighted by Gasteiger charge is -2.09. The zero-order valence-electron chi connectivity index (χ0n) is 15.0. The maximum Gasteiger partial charge on any atom is 0.255 e. The number of nitrogens with zero attached hydrogens (tertiary/aromatic N) is 4. The van der Waals surface area contributed by atoms with E-state index in [4.69, 9.17) is 27.9 Å². The van der Waals surface area contributed by atoms with E-state index in [0.717, 1.165) is 11.4 Å². The third kappa shape index (κ3) is 4.87. The standard InChI is InChI=1S/C18H19Cl2N5O2/c1-11-8-12(2)25-16(23-24-18(25)22-11)10-21-17(26)4-3-7-27-15-6-5-13(19)9-14(15)20/h5-6,8-9H,3-4,7,10H2,1-2H3,(H,21,26). The van der Waals surface area contributed by atoms with Gasteiger partial charge in [0.15, 0.2) is 5.82 Å². The molecule has 3 rings (SSSR count). The van der Waals surface area contributed by atoms with Crippen molar-refractivity contribution < 1.29 is 9.53 Å². The number of amides is 1. The van der Waals surface area contributed by atoms with Crippen molar-refractivity contribution in [2.75, 3.05) is 6.61 Å². The summed E-state index contributed by atoms with van der Waals surface area (Å²) in [6.45, 7) is 4.53. The number of halogens is 2. The number of carbonyl (C=O) groups excluding carboxylic acids is 1. The Morgan fingerprint density at radius 1 is 1.22 bits per heavy atom. The lowest BCUT2D eigenvalue weighted by atomic mass is 10.3. The van der Waals surface area contributed by atoms with Gasteiger partial charge in [-0.1, -0.05) is 23.2 Å². The van der Waals surface area contributed by atoms with Gasteiger partial charge in [-0.2, -0.15) is 0 Å². The Labute approximate surface area is 166 Å². The smallest absolute Gasteiger partial charge is 0.255 e. The molecule has 7 nitrogen and oxygen atoms in total. The molecule has 2 aromatic heterocycles. The van der Waals surface area contributed by atoms with Gasteiger partial charge in [-0.3, -0.25) is 9.20 Å². The molecular weight excluding hydrogens is 389 g/mol. The lowest BCUT2D eigenvalue weighted by molar-refractivity contribution is -0.121. The number of fused-ring (bicyclic) bond motifs is 1. The first-order valence-corrected chi connectivity index (χ1v) is 9.22. The summed E-state index contributed by atoms with van der Waals surface area (Å²) in [6.07, 6.45) is 0.892. The first kappa shape index (κ1) is 19.4. The topological polar surface area (TPSA) is 81.4 Å². The molecule has 1 N–H and O–H groups in total. The largest absolute Gasteiger partial charge is 0.492 e. The van der Waals surface area contributed by atoms with Crippen molar-refractivity contribution in [3.63, 3.8) is 0 Å². The molecule has 0 radical (unpaired) electrons. The van der Waals surface area contributed by atoms with Gasteiger partial charge in [0.1, 0.15) is 5.75 Å². The molecule has 27 heavy (non-hydrogen) atoms. The second kappa shape index (κ2) is 8.54. The fourth-order valence-electron chi connectivity index (χ4n) is 2.69. The summed E-state index contributed by atoms with van der Waals surface area (Å²) in [6, 6.07) is 6.98. The number of carbonyl (C=O) groups is 1. The van der Waals surface area contributed by atoms with Crippen molar-refractivity contribution in [2.45, 2.75) is 33.2 Å². The highest BCUT2D eigenvalue weighted by atomic mass is 35.5. The molecule has 0 saturated carbocycles. The van der Waals surface area contributed by atoms with Crippen molar-refractivity contribution in [3.05, 3.63) is 51.5 Å². The molecule has 0 atom stereocenters. The third-order valence-electron chi connectivity index (χ3n) is 3.90. The van der Waals surface area contributed by atoms with E-state index in [0.29, 0.717) is 46.8 Å². The minimum absolute atomic E-state index is 0.0877. The van der Waals surface area contributed by atoms with E-state index in [9.17, 15) is 4.79 Å². The van der Waals surface area contributed by atoms with Gasteiger partial charge in [0.2, 0.25) is 5.91 Å². The van der Waals surface area contributed by atoms with Crippen LogP contribution in [0.5, 0.6) is 5.75 Å². The maximum atomic E-state index is 12.1. The summed E-state index contributed by atoms with van der Waals surface area (Å²) < 4.78 is 7.40. The van der Waals surface area contributed by atoms with Gasteiger partial charge in [0.05, 0.1) is 18.2 Å². The number of aryl methyl sites for hydroxylation is 2. The summed E-state index contributed by atoms with van der Waals surface area (Å²) in [5, 5.41) is 12.0. The molecule has 2 heterocycles. The molecule has 1 amide bonds. The Hall–Kier alpha value is -2.38. The van der Waals surface area contributed by atoms with E-state index in [1.807, 2.05) is 24.3 Å². The highest BCUT2D eigenvalue weighted by Crippen LogP contribution is 2.27. The number of hydrogen-bond acceptors (Lipinski definition) is 5. The van der Waals surface area contributed by atoms with Crippen LogP contribution >= 0.6 is 23.2 Å². The molecule has 142 valence electrons. The predicted octanol–water partition coefficient (Wildman–Crippen LogP) is 3.52. The van der Waals surface area contributed by atoms with E-state index < -0.39 is 0 Å². The van der Waals surface area contributed by atoms with Crippen LogP contribution in [-0.4, -0.2) is 32.1 Å². The number of rotatable bonds is 7. The third-order valence-corrected chi connectivity index (χ3v) is 4.43. The minimum atomic E-state index is -0.0877. The molecule has 1 aromatic carbocycles. The van der Waals surface area contributed by atoms with Gasteiger partial charge in [0.25, 0.3) is 5.78 Å². The van der Waals surface area contributed by atoms with Crippen LogP contribution in [0.15, 0.2) is 24.3 Å². The number of hydrogen-bond donors (Lipinski definition) is 1.